The van der Waals surface area contributed by atoms with Crippen LogP contribution >= 0.6 is 11.8 Å². The van der Waals surface area contributed by atoms with E-state index in [1.54, 1.807) is 28.9 Å². The van der Waals surface area contributed by atoms with Crippen LogP contribution in [-0.4, -0.2) is 20.0 Å². The van der Waals surface area contributed by atoms with Gasteiger partial charge in [0.25, 0.3) is 5.24 Å². The Morgan fingerprint density at radius 2 is 2.29 bits per heavy atom. The third-order valence-electron chi connectivity index (χ3n) is 5.74. The van der Waals surface area contributed by atoms with Gasteiger partial charge in [0.15, 0.2) is 0 Å². The predicted octanol–water partition coefficient (Wildman–Crippen LogP) is 4.75. The maximum Gasteiger partial charge on any atom is 0.291 e. The van der Waals surface area contributed by atoms with E-state index >= 15 is 0 Å². The molecule has 4 atom stereocenters. The number of imidazole rings is 1. The second-order valence-corrected chi connectivity index (χ2v) is 8.12. The SMILES string of the molecule is CC1CC=C2C[C@@H](SC(=O)n3ccnc3)CC[C@]2(C)C1C. The van der Waals surface area contributed by atoms with Crippen molar-refractivity contribution in [2.45, 2.75) is 51.7 Å². The van der Waals surface area contributed by atoms with Gasteiger partial charge in [-0.3, -0.25) is 9.36 Å². The summed E-state index contributed by atoms with van der Waals surface area (Å²) in [7, 11) is 0. The van der Waals surface area contributed by atoms with E-state index in [9.17, 15) is 4.79 Å². The van der Waals surface area contributed by atoms with Crippen molar-refractivity contribution in [2.75, 3.05) is 0 Å². The lowest BCUT2D eigenvalue weighted by Gasteiger charge is -2.48. The van der Waals surface area contributed by atoms with Crippen LogP contribution in [0.2, 0.25) is 0 Å². The van der Waals surface area contributed by atoms with E-state index in [4.69, 9.17) is 0 Å². The average molecular weight is 304 g/mol. The minimum Gasteiger partial charge on any atom is -0.267 e. The van der Waals surface area contributed by atoms with Gasteiger partial charge in [-0.2, -0.15) is 0 Å². The first-order valence-corrected chi connectivity index (χ1v) is 8.77. The third kappa shape index (κ3) is 2.70. The highest BCUT2D eigenvalue weighted by Gasteiger charge is 2.43. The molecule has 114 valence electrons. The summed E-state index contributed by atoms with van der Waals surface area (Å²) >= 11 is 1.48. The summed E-state index contributed by atoms with van der Waals surface area (Å²) < 4.78 is 1.58. The molecule has 0 radical (unpaired) electrons. The van der Waals surface area contributed by atoms with Gasteiger partial charge < -0.3 is 0 Å². The summed E-state index contributed by atoms with van der Waals surface area (Å²) in [4.78, 5) is 16.1. The number of thioether (sulfide) groups is 1. The fourth-order valence-electron chi connectivity index (χ4n) is 3.87. The average Bonchev–Trinajstić information content (AvgIpc) is 2.99. The topological polar surface area (TPSA) is 34.9 Å². The third-order valence-corrected chi connectivity index (χ3v) is 6.89. The number of nitrogens with zero attached hydrogens (tertiary/aromatic N) is 2. The van der Waals surface area contributed by atoms with Gasteiger partial charge in [0.05, 0.1) is 0 Å². The molecule has 1 saturated carbocycles. The zero-order valence-electron chi connectivity index (χ0n) is 13.1. The smallest absolute Gasteiger partial charge is 0.267 e. The maximum atomic E-state index is 12.2. The molecule has 0 bridgehead atoms. The molecule has 1 aromatic heterocycles. The first-order chi connectivity index (χ1) is 10.0. The molecule has 3 rings (SSSR count). The molecule has 0 aromatic carbocycles. The van der Waals surface area contributed by atoms with Crippen LogP contribution in [0.5, 0.6) is 0 Å². The molecule has 0 N–H and O–H groups in total. The predicted molar refractivity (Wildman–Crippen MR) is 87.4 cm³/mol. The number of hydrogen-bond acceptors (Lipinski definition) is 3. The van der Waals surface area contributed by atoms with Crippen LogP contribution in [0.1, 0.15) is 46.5 Å². The molecular formula is C17H24N2OS. The minimum absolute atomic E-state index is 0.0962. The number of carbonyl (C=O) groups excluding carboxylic acids is 1. The summed E-state index contributed by atoms with van der Waals surface area (Å²) in [6, 6.07) is 0. The molecule has 4 heteroatoms. The molecule has 0 amide bonds. The van der Waals surface area contributed by atoms with Crippen LogP contribution in [0.15, 0.2) is 30.4 Å². The second-order valence-electron chi connectivity index (χ2n) is 6.87. The van der Waals surface area contributed by atoms with E-state index in [2.05, 4.69) is 31.8 Å². The Bertz CT molecular complexity index is 551. The first kappa shape index (κ1) is 14.9. The van der Waals surface area contributed by atoms with E-state index in [-0.39, 0.29) is 5.24 Å². The van der Waals surface area contributed by atoms with Crippen molar-refractivity contribution < 1.29 is 4.79 Å². The number of aromatic nitrogens is 2. The molecular weight excluding hydrogens is 280 g/mol. The monoisotopic (exact) mass is 304 g/mol. The Morgan fingerprint density at radius 3 is 3.00 bits per heavy atom. The highest BCUT2D eigenvalue weighted by molar-refractivity contribution is 8.14. The zero-order valence-corrected chi connectivity index (χ0v) is 13.9. The molecule has 0 spiro atoms. The number of rotatable bonds is 1. The molecule has 2 aliphatic rings. The number of hydrogen-bond donors (Lipinski definition) is 0. The van der Waals surface area contributed by atoms with Crippen LogP contribution in [0.4, 0.5) is 4.79 Å². The number of fused-ring (bicyclic) bond motifs is 1. The highest BCUT2D eigenvalue weighted by atomic mass is 32.2. The van der Waals surface area contributed by atoms with Crippen LogP contribution in [0.25, 0.3) is 0 Å². The zero-order chi connectivity index (χ0) is 15.0. The lowest BCUT2D eigenvalue weighted by molar-refractivity contribution is 0.134. The molecule has 0 saturated heterocycles. The van der Waals surface area contributed by atoms with Gasteiger partial charge in [0.2, 0.25) is 0 Å². The van der Waals surface area contributed by atoms with E-state index in [0.717, 1.165) is 24.7 Å². The molecule has 1 fully saturated rings. The standard InChI is InChI=1S/C17H24N2OS/c1-12-4-5-14-10-15(6-7-17(14,3)13(12)2)21-16(20)19-9-8-18-11-19/h5,8-9,11-13,15H,4,6-7,10H2,1-3H3/t12?,13?,15-,17+/m0/s1. The van der Waals surface area contributed by atoms with Gasteiger partial charge >= 0.3 is 0 Å². The normalized spacial score (nSPS) is 36.0. The molecule has 1 aromatic rings. The molecule has 2 aliphatic carbocycles. The number of carbonyl (C=O) groups is 1. The summed E-state index contributed by atoms with van der Waals surface area (Å²) in [6.07, 6.45) is 12.0. The van der Waals surface area contributed by atoms with Crippen LogP contribution < -0.4 is 0 Å². The minimum atomic E-state index is 0.0962. The van der Waals surface area contributed by atoms with Crippen molar-refractivity contribution >= 4 is 17.0 Å². The first-order valence-electron chi connectivity index (χ1n) is 7.89. The Labute approximate surface area is 131 Å². The Kier molecular flexibility index (Phi) is 4.00. The quantitative estimate of drug-likeness (QED) is 0.703. The number of allylic oxidation sites excluding steroid dienone is 2. The van der Waals surface area contributed by atoms with E-state index in [1.165, 1.54) is 24.6 Å². The van der Waals surface area contributed by atoms with Crippen molar-refractivity contribution in [3.63, 3.8) is 0 Å². The summed E-state index contributed by atoms with van der Waals surface area (Å²) in [6.45, 7) is 7.20. The molecule has 2 unspecified atom stereocenters. The summed E-state index contributed by atoms with van der Waals surface area (Å²) in [5, 5.41) is 0.513. The lowest BCUT2D eigenvalue weighted by Crippen LogP contribution is -2.39. The fraction of sp³-hybridized carbons (Fsp3) is 0.647. The van der Waals surface area contributed by atoms with Gasteiger partial charge in [0.1, 0.15) is 6.33 Å². The maximum absolute atomic E-state index is 12.2. The van der Waals surface area contributed by atoms with Crippen molar-refractivity contribution in [3.05, 3.63) is 30.4 Å². The molecule has 0 aliphatic heterocycles. The molecule has 3 nitrogen and oxygen atoms in total. The second kappa shape index (κ2) is 5.64. The van der Waals surface area contributed by atoms with Crippen molar-refractivity contribution in [1.82, 2.24) is 9.55 Å². The van der Waals surface area contributed by atoms with Crippen LogP contribution in [0, 0.1) is 17.3 Å². The van der Waals surface area contributed by atoms with Crippen molar-refractivity contribution in [3.8, 4) is 0 Å². The van der Waals surface area contributed by atoms with Crippen molar-refractivity contribution in [1.29, 1.82) is 0 Å². The van der Waals surface area contributed by atoms with E-state index in [0.29, 0.717) is 10.7 Å². The van der Waals surface area contributed by atoms with Crippen LogP contribution in [0.3, 0.4) is 0 Å². The van der Waals surface area contributed by atoms with Gasteiger partial charge in [-0.05, 0) is 42.9 Å². The Morgan fingerprint density at radius 1 is 1.48 bits per heavy atom. The van der Waals surface area contributed by atoms with Gasteiger partial charge in [-0.25, -0.2) is 4.98 Å². The Hall–Kier alpha value is -1.03. The summed E-state index contributed by atoms with van der Waals surface area (Å²) in [5.41, 5.74) is 1.95. The lowest BCUT2D eigenvalue weighted by atomic mass is 9.58. The highest BCUT2D eigenvalue weighted by Crippen LogP contribution is 2.53. The van der Waals surface area contributed by atoms with Gasteiger partial charge in [-0.1, -0.05) is 44.2 Å². The largest absolute Gasteiger partial charge is 0.291 e. The van der Waals surface area contributed by atoms with E-state index < -0.39 is 0 Å². The van der Waals surface area contributed by atoms with Crippen LogP contribution in [-0.2, 0) is 0 Å². The van der Waals surface area contributed by atoms with E-state index in [1.807, 2.05) is 0 Å². The van der Waals surface area contributed by atoms with Gasteiger partial charge in [0, 0.05) is 17.6 Å². The fourth-order valence-corrected chi connectivity index (χ4v) is 4.88. The summed E-state index contributed by atoms with van der Waals surface area (Å²) in [5.74, 6) is 1.52. The van der Waals surface area contributed by atoms with Gasteiger partial charge in [-0.15, -0.1) is 0 Å². The Balaban J connectivity index is 1.69. The molecule has 21 heavy (non-hydrogen) atoms. The van der Waals surface area contributed by atoms with Crippen molar-refractivity contribution in [2.24, 2.45) is 17.3 Å². The molecule has 1 heterocycles.